The first-order chi connectivity index (χ1) is 9.22. The van der Waals surface area contributed by atoms with Crippen LogP contribution in [0.25, 0.3) is 0 Å². The maximum absolute atomic E-state index is 12.2. The van der Waals surface area contributed by atoms with Crippen molar-refractivity contribution in [2.75, 3.05) is 32.5 Å². The van der Waals surface area contributed by atoms with Gasteiger partial charge in [0.1, 0.15) is 5.82 Å². The van der Waals surface area contributed by atoms with Gasteiger partial charge < -0.3 is 15.5 Å². The van der Waals surface area contributed by atoms with Gasteiger partial charge in [0.25, 0.3) is 5.91 Å². The Morgan fingerprint density at radius 2 is 2.37 bits per heavy atom. The second kappa shape index (κ2) is 6.52. The van der Waals surface area contributed by atoms with E-state index in [1.54, 1.807) is 25.4 Å². The molecule has 1 aromatic rings. The quantitative estimate of drug-likeness (QED) is 0.859. The van der Waals surface area contributed by atoms with E-state index in [1.165, 1.54) is 12.8 Å². The standard InChI is InChI=1S/C14H22N4O/c1-15-13-12(7-5-8-16-13)14(19)17-10-11-6-3-4-9-18(11)2/h5,7-8,11H,3-4,6,9-10H2,1-2H3,(H,15,16)(H,17,19). The second-order valence-electron chi connectivity index (χ2n) is 4.99. The first kappa shape index (κ1) is 13.8. The topological polar surface area (TPSA) is 57.3 Å². The number of hydrogen-bond acceptors (Lipinski definition) is 4. The van der Waals surface area contributed by atoms with Crippen LogP contribution in [0.3, 0.4) is 0 Å². The summed E-state index contributed by atoms with van der Waals surface area (Å²) in [6.07, 6.45) is 5.34. The number of nitrogens with zero attached hydrogens (tertiary/aromatic N) is 2. The van der Waals surface area contributed by atoms with Crippen molar-refractivity contribution in [1.82, 2.24) is 15.2 Å². The number of piperidine rings is 1. The van der Waals surface area contributed by atoms with E-state index in [-0.39, 0.29) is 5.91 Å². The van der Waals surface area contributed by atoms with Gasteiger partial charge in [0, 0.05) is 25.8 Å². The van der Waals surface area contributed by atoms with Crippen molar-refractivity contribution >= 4 is 11.7 Å². The smallest absolute Gasteiger partial charge is 0.255 e. The molecule has 1 saturated heterocycles. The average Bonchev–Trinajstić information content (AvgIpc) is 2.46. The Morgan fingerprint density at radius 1 is 1.53 bits per heavy atom. The summed E-state index contributed by atoms with van der Waals surface area (Å²) in [5, 5.41) is 5.95. The van der Waals surface area contributed by atoms with Crippen LogP contribution < -0.4 is 10.6 Å². The van der Waals surface area contributed by atoms with E-state index in [9.17, 15) is 4.79 Å². The number of likely N-dealkylation sites (tertiary alicyclic amines) is 1. The van der Waals surface area contributed by atoms with E-state index in [4.69, 9.17) is 0 Å². The molecule has 0 aliphatic carbocycles. The Morgan fingerprint density at radius 3 is 3.11 bits per heavy atom. The van der Waals surface area contributed by atoms with Crippen LogP contribution in [-0.4, -0.2) is 49.0 Å². The zero-order valence-electron chi connectivity index (χ0n) is 11.6. The van der Waals surface area contributed by atoms with E-state index >= 15 is 0 Å². The molecule has 0 spiro atoms. The maximum atomic E-state index is 12.2. The number of amides is 1. The Bertz CT molecular complexity index is 435. The molecular formula is C14H22N4O. The highest BCUT2D eigenvalue weighted by Crippen LogP contribution is 2.15. The lowest BCUT2D eigenvalue weighted by atomic mass is 10.0. The Labute approximate surface area is 114 Å². The molecule has 1 atom stereocenters. The number of anilines is 1. The van der Waals surface area contributed by atoms with Gasteiger partial charge in [-0.2, -0.15) is 0 Å². The molecule has 5 nitrogen and oxygen atoms in total. The third-order valence-corrected chi connectivity index (χ3v) is 3.71. The van der Waals surface area contributed by atoms with Gasteiger partial charge in [-0.1, -0.05) is 6.42 Å². The molecule has 104 valence electrons. The predicted molar refractivity (Wildman–Crippen MR) is 76.4 cm³/mol. The molecule has 1 amide bonds. The number of aromatic nitrogens is 1. The summed E-state index contributed by atoms with van der Waals surface area (Å²) < 4.78 is 0. The molecule has 0 aromatic carbocycles. The molecule has 0 bridgehead atoms. The largest absolute Gasteiger partial charge is 0.372 e. The molecule has 0 radical (unpaired) electrons. The van der Waals surface area contributed by atoms with Crippen molar-refractivity contribution in [3.8, 4) is 0 Å². The van der Waals surface area contributed by atoms with E-state index in [1.807, 2.05) is 0 Å². The number of carbonyl (C=O) groups excluding carboxylic acids is 1. The van der Waals surface area contributed by atoms with Gasteiger partial charge in [-0.3, -0.25) is 4.79 Å². The van der Waals surface area contributed by atoms with Crippen LogP contribution in [0.4, 0.5) is 5.82 Å². The highest BCUT2D eigenvalue weighted by Gasteiger charge is 2.20. The van der Waals surface area contributed by atoms with Crippen LogP contribution in [0, 0.1) is 0 Å². The summed E-state index contributed by atoms with van der Waals surface area (Å²) in [6.45, 7) is 1.82. The van der Waals surface area contributed by atoms with Crippen molar-refractivity contribution in [3.63, 3.8) is 0 Å². The summed E-state index contributed by atoms with van der Waals surface area (Å²) in [7, 11) is 3.90. The monoisotopic (exact) mass is 262 g/mol. The molecule has 2 rings (SSSR count). The summed E-state index contributed by atoms with van der Waals surface area (Å²) in [4.78, 5) is 18.6. The van der Waals surface area contributed by atoms with Crippen LogP contribution in [-0.2, 0) is 0 Å². The van der Waals surface area contributed by atoms with E-state index < -0.39 is 0 Å². The Hall–Kier alpha value is -1.62. The lowest BCUT2D eigenvalue weighted by Crippen LogP contribution is -2.44. The van der Waals surface area contributed by atoms with Crippen LogP contribution in [0.2, 0.25) is 0 Å². The molecule has 0 saturated carbocycles. The molecule has 19 heavy (non-hydrogen) atoms. The van der Waals surface area contributed by atoms with Crippen molar-refractivity contribution in [2.45, 2.75) is 25.3 Å². The Kier molecular flexibility index (Phi) is 4.74. The molecule has 1 fully saturated rings. The molecule has 5 heteroatoms. The summed E-state index contributed by atoms with van der Waals surface area (Å²) in [5.74, 6) is 0.563. The van der Waals surface area contributed by atoms with Gasteiger partial charge in [0.2, 0.25) is 0 Å². The van der Waals surface area contributed by atoms with Gasteiger partial charge in [-0.05, 0) is 38.6 Å². The lowest BCUT2D eigenvalue weighted by molar-refractivity contribution is 0.0929. The first-order valence-corrected chi connectivity index (χ1v) is 6.83. The minimum atomic E-state index is -0.0589. The van der Waals surface area contributed by atoms with Gasteiger partial charge >= 0.3 is 0 Å². The minimum absolute atomic E-state index is 0.0589. The van der Waals surface area contributed by atoms with Crippen molar-refractivity contribution in [3.05, 3.63) is 23.9 Å². The maximum Gasteiger partial charge on any atom is 0.255 e. The second-order valence-corrected chi connectivity index (χ2v) is 4.99. The number of rotatable bonds is 4. The van der Waals surface area contributed by atoms with Crippen molar-refractivity contribution in [1.29, 1.82) is 0 Å². The zero-order valence-corrected chi connectivity index (χ0v) is 11.6. The lowest BCUT2D eigenvalue weighted by Gasteiger charge is -2.32. The molecule has 2 N–H and O–H groups in total. The summed E-state index contributed by atoms with van der Waals surface area (Å²) in [6, 6.07) is 4.02. The highest BCUT2D eigenvalue weighted by atomic mass is 16.1. The average molecular weight is 262 g/mol. The fraction of sp³-hybridized carbons (Fsp3) is 0.571. The van der Waals surface area contributed by atoms with Crippen molar-refractivity contribution in [2.24, 2.45) is 0 Å². The van der Waals surface area contributed by atoms with Crippen LogP contribution in [0.5, 0.6) is 0 Å². The minimum Gasteiger partial charge on any atom is -0.372 e. The molecule has 2 heterocycles. The fourth-order valence-corrected chi connectivity index (χ4v) is 2.50. The SMILES string of the molecule is CNc1ncccc1C(=O)NCC1CCCCN1C. The van der Waals surface area contributed by atoms with E-state index in [0.717, 1.165) is 13.0 Å². The van der Waals surface area contributed by atoms with Gasteiger partial charge in [0.05, 0.1) is 5.56 Å². The highest BCUT2D eigenvalue weighted by molar-refractivity contribution is 5.98. The van der Waals surface area contributed by atoms with Crippen LogP contribution in [0.1, 0.15) is 29.6 Å². The van der Waals surface area contributed by atoms with E-state index in [2.05, 4.69) is 27.6 Å². The fourth-order valence-electron chi connectivity index (χ4n) is 2.50. The zero-order chi connectivity index (χ0) is 13.7. The van der Waals surface area contributed by atoms with Gasteiger partial charge in [-0.25, -0.2) is 4.98 Å². The molecule has 1 aliphatic rings. The molecule has 1 aromatic heterocycles. The number of carbonyl (C=O) groups is 1. The number of nitrogens with one attached hydrogen (secondary N) is 2. The molecular weight excluding hydrogens is 240 g/mol. The summed E-state index contributed by atoms with van der Waals surface area (Å²) in [5.41, 5.74) is 0.600. The van der Waals surface area contributed by atoms with Crippen LogP contribution >= 0.6 is 0 Å². The number of pyridine rings is 1. The normalized spacial score (nSPS) is 20.0. The Balaban J connectivity index is 1.93. The predicted octanol–water partition coefficient (Wildman–Crippen LogP) is 1.34. The molecule has 1 aliphatic heterocycles. The van der Waals surface area contributed by atoms with E-state index in [0.29, 0.717) is 24.0 Å². The van der Waals surface area contributed by atoms with Gasteiger partial charge in [0.15, 0.2) is 0 Å². The third kappa shape index (κ3) is 3.44. The first-order valence-electron chi connectivity index (χ1n) is 6.83. The van der Waals surface area contributed by atoms with Crippen molar-refractivity contribution < 1.29 is 4.79 Å². The van der Waals surface area contributed by atoms with Crippen LogP contribution in [0.15, 0.2) is 18.3 Å². The summed E-state index contributed by atoms with van der Waals surface area (Å²) >= 11 is 0. The molecule has 1 unspecified atom stereocenters. The van der Waals surface area contributed by atoms with Gasteiger partial charge in [-0.15, -0.1) is 0 Å². The number of likely N-dealkylation sites (N-methyl/N-ethyl adjacent to an activating group) is 1. The number of hydrogen-bond donors (Lipinski definition) is 2. The third-order valence-electron chi connectivity index (χ3n) is 3.71.